The molecule has 3 rings (SSSR count). The number of benzene rings is 1. The molecule has 0 spiro atoms. The molecule has 0 amide bonds. The van der Waals surface area contributed by atoms with Crippen molar-refractivity contribution < 1.29 is 4.39 Å². The molecule has 1 N–H and O–H groups in total. The second-order valence-corrected chi connectivity index (χ2v) is 5.43. The fraction of sp³-hybridized carbons (Fsp3) is 0.286. The van der Waals surface area contributed by atoms with Crippen LogP contribution in [-0.4, -0.2) is 9.55 Å². The van der Waals surface area contributed by atoms with Crippen LogP contribution in [0.3, 0.4) is 0 Å². The van der Waals surface area contributed by atoms with Gasteiger partial charge < -0.3 is 0 Å². The highest BCUT2D eigenvalue weighted by Gasteiger charge is 2.37. The monoisotopic (exact) mass is 294 g/mol. The third kappa shape index (κ3) is 1.98. The van der Waals surface area contributed by atoms with E-state index >= 15 is 0 Å². The van der Waals surface area contributed by atoms with Gasteiger partial charge in [0.15, 0.2) is 0 Å². The zero-order valence-electron chi connectivity index (χ0n) is 10.7. The topological polar surface area (TPSA) is 54.9 Å². The molecule has 2 atom stereocenters. The molecule has 2 aromatic rings. The van der Waals surface area contributed by atoms with E-state index in [4.69, 9.17) is 11.6 Å². The molecule has 0 radical (unpaired) electrons. The van der Waals surface area contributed by atoms with Crippen molar-refractivity contribution in [2.24, 2.45) is 5.92 Å². The van der Waals surface area contributed by atoms with E-state index in [1.165, 1.54) is 18.2 Å². The Bertz CT molecular complexity index is 796. The Morgan fingerprint density at radius 3 is 2.60 bits per heavy atom. The van der Waals surface area contributed by atoms with Crippen molar-refractivity contribution in [3.63, 3.8) is 0 Å². The van der Waals surface area contributed by atoms with E-state index < -0.39 is 17.1 Å². The molecule has 1 aliphatic carbocycles. The van der Waals surface area contributed by atoms with Crippen molar-refractivity contribution in [1.29, 1.82) is 0 Å². The van der Waals surface area contributed by atoms with E-state index in [2.05, 4.69) is 4.98 Å². The predicted octanol–water partition coefficient (Wildman–Crippen LogP) is 2.58. The number of nitrogens with one attached hydrogen (secondary N) is 1. The van der Waals surface area contributed by atoms with Crippen LogP contribution in [-0.2, 0) is 0 Å². The molecule has 6 heteroatoms. The highest BCUT2D eigenvalue weighted by atomic mass is 35.5. The van der Waals surface area contributed by atoms with Crippen molar-refractivity contribution in [2.45, 2.75) is 19.4 Å². The number of halogens is 2. The van der Waals surface area contributed by atoms with E-state index in [-0.39, 0.29) is 28.2 Å². The quantitative estimate of drug-likeness (QED) is 0.866. The van der Waals surface area contributed by atoms with Gasteiger partial charge in [-0.2, -0.15) is 0 Å². The van der Waals surface area contributed by atoms with Crippen LogP contribution in [0.2, 0.25) is 5.15 Å². The molecule has 1 saturated carbocycles. The van der Waals surface area contributed by atoms with Crippen molar-refractivity contribution in [1.82, 2.24) is 9.55 Å². The zero-order valence-corrected chi connectivity index (χ0v) is 11.4. The molecule has 2 unspecified atom stereocenters. The third-order valence-corrected chi connectivity index (χ3v) is 3.91. The first-order chi connectivity index (χ1) is 9.50. The Kier molecular flexibility index (Phi) is 3.01. The maximum atomic E-state index is 13.9. The largest absolute Gasteiger partial charge is 0.329 e. The van der Waals surface area contributed by atoms with Crippen LogP contribution in [0.4, 0.5) is 4.39 Å². The van der Waals surface area contributed by atoms with Crippen molar-refractivity contribution in [3.8, 4) is 11.1 Å². The second-order valence-electron chi connectivity index (χ2n) is 5.05. The molecule has 1 heterocycles. The lowest BCUT2D eigenvalue weighted by Gasteiger charge is -2.09. The molecule has 0 saturated heterocycles. The average molecular weight is 295 g/mol. The van der Waals surface area contributed by atoms with E-state index in [0.29, 0.717) is 0 Å². The molecular weight excluding hydrogens is 283 g/mol. The van der Waals surface area contributed by atoms with Crippen molar-refractivity contribution in [3.05, 3.63) is 56.1 Å². The minimum Gasteiger partial charge on any atom is -0.297 e. The van der Waals surface area contributed by atoms with Crippen molar-refractivity contribution >= 4 is 11.6 Å². The van der Waals surface area contributed by atoms with Gasteiger partial charge in [0, 0.05) is 11.6 Å². The summed E-state index contributed by atoms with van der Waals surface area (Å²) in [6.45, 7) is 1.95. The lowest BCUT2D eigenvalue weighted by molar-refractivity contribution is 0.613. The Balaban J connectivity index is 2.30. The second kappa shape index (κ2) is 4.59. The summed E-state index contributed by atoms with van der Waals surface area (Å²) in [6.07, 6.45) is 0.765. The summed E-state index contributed by atoms with van der Waals surface area (Å²) in [7, 11) is 0. The number of rotatable bonds is 2. The Morgan fingerprint density at radius 2 is 2.00 bits per heavy atom. The minimum absolute atomic E-state index is 0.00321. The van der Waals surface area contributed by atoms with Crippen LogP contribution >= 0.6 is 11.6 Å². The summed E-state index contributed by atoms with van der Waals surface area (Å²) in [4.78, 5) is 26.8. The van der Waals surface area contributed by atoms with Gasteiger partial charge in [-0.05, 0) is 18.4 Å². The first-order valence-corrected chi connectivity index (χ1v) is 6.67. The minimum atomic E-state index is -0.547. The third-order valence-electron chi connectivity index (χ3n) is 3.63. The molecule has 104 valence electrons. The standard InChI is InChI=1S/C14H12ClFN2O2/c1-7-6-10(7)18-13(19)11(12(15)17-14(18)20)8-4-2-3-5-9(8)16/h2-5,7,10H,6H2,1H3,(H,17,20). The van der Waals surface area contributed by atoms with Gasteiger partial charge in [0.25, 0.3) is 5.56 Å². The molecule has 1 aliphatic rings. The van der Waals surface area contributed by atoms with Gasteiger partial charge in [-0.25, -0.2) is 9.18 Å². The van der Waals surface area contributed by atoms with E-state index in [1.807, 2.05) is 6.92 Å². The summed E-state index contributed by atoms with van der Waals surface area (Å²) in [5.41, 5.74) is -0.989. The zero-order chi connectivity index (χ0) is 14.4. The van der Waals surface area contributed by atoms with Gasteiger partial charge in [0.2, 0.25) is 0 Å². The van der Waals surface area contributed by atoms with Gasteiger partial charge in [-0.1, -0.05) is 36.7 Å². The summed E-state index contributed by atoms with van der Waals surface area (Å²) in [5, 5.41) is -0.130. The first-order valence-electron chi connectivity index (χ1n) is 6.30. The van der Waals surface area contributed by atoms with Crippen LogP contribution < -0.4 is 11.2 Å². The number of aromatic nitrogens is 2. The summed E-state index contributed by atoms with van der Waals surface area (Å²) in [6, 6.07) is 5.73. The molecule has 0 bridgehead atoms. The smallest absolute Gasteiger partial charge is 0.297 e. The van der Waals surface area contributed by atoms with Crippen LogP contribution in [0.1, 0.15) is 19.4 Å². The van der Waals surface area contributed by atoms with Gasteiger partial charge in [-0.15, -0.1) is 0 Å². The van der Waals surface area contributed by atoms with Crippen LogP contribution in [0.5, 0.6) is 0 Å². The Morgan fingerprint density at radius 1 is 1.35 bits per heavy atom. The van der Waals surface area contributed by atoms with E-state index in [9.17, 15) is 14.0 Å². The number of hydrogen-bond donors (Lipinski definition) is 1. The Hall–Kier alpha value is -1.88. The van der Waals surface area contributed by atoms with Crippen LogP contribution in [0.15, 0.2) is 33.9 Å². The van der Waals surface area contributed by atoms with Gasteiger partial charge in [0.1, 0.15) is 11.0 Å². The fourth-order valence-electron chi connectivity index (χ4n) is 2.38. The van der Waals surface area contributed by atoms with Gasteiger partial charge >= 0.3 is 5.69 Å². The summed E-state index contributed by atoms with van der Waals surface area (Å²) >= 11 is 5.94. The van der Waals surface area contributed by atoms with Crippen LogP contribution in [0, 0.1) is 11.7 Å². The van der Waals surface area contributed by atoms with E-state index in [0.717, 1.165) is 11.0 Å². The highest BCUT2D eigenvalue weighted by Crippen LogP contribution is 2.41. The summed E-state index contributed by atoms with van der Waals surface area (Å²) in [5.74, 6) is -0.280. The first kappa shape index (κ1) is 13.1. The maximum Gasteiger partial charge on any atom is 0.329 e. The Labute approximate surface area is 118 Å². The lowest BCUT2D eigenvalue weighted by Crippen LogP contribution is -2.36. The highest BCUT2D eigenvalue weighted by molar-refractivity contribution is 6.32. The van der Waals surface area contributed by atoms with Gasteiger partial charge in [-0.3, -0.25) is 14.3 Å². The molecule has 4 nitrogen and oxygen atoms in total. The lowest BCUT2D eigenvalue weighted by atomic mass is 10.1. The van der Waals surface area contributed by atoms with Crippen molar-refractivity contribution in [2.75, 3.05) is 0 Å². The van der Waals surface area contributed by atoms with Crippen LogP contribution in [0.25, 0.3) is 11.1 Å². The molecule has 20 heavy (non-hydrogen) atoms. The average Bonchev–Trinajstić information content (AvgIpc) is 3.08. The van der Waals surface area contributed by atoms with Gasteiger partial charge in [0.05, 0.1) is 5.56 Å². The predicted molar refractivity (Wildman–Crippen MR) is 74.5 cm³/mol. The number of H-pyrrole nitrogens is 1. The molecule has 1 aromatic heterocycles. The maximum absolute atomic E-state index is 13.9. The number of aromatic amines is 1. The SMILES string of the molecule is CC1CC1n1c(=O)[nH]c(Cl)c(-c2ccccc2F)c1=O. The molecule has 1 aromatic carbocycles. The molecular formula is C14H12ClFN2O2. The number of hydrogen-bond acceptors (Lipinski definition) is 2. The fourth-order valence-corrected chi connectivity index (χ4v) is 2.65. The van der Waals surface area contributed by atoms with E-state index in [1.54, 1.807) is 6.07 Å². The summed E-state index contributed by atoms with van der Waals surface area (Å²) < 4.78 is 15.0. The molecule has 0 aliphatic heterocycles. The molecule has 1 fully saturated rings. The normalized spacial score (nSPS) is 20.9. The number of nitrogens with zero attached hydrogens (tertiary/aromatic N) is 1.